The number of hydrogen-bond donors (Lipinski definition) is 2. The van der Waals surface area contributed by atoms with Crippen LogP contribution in [0, 0.1) is 0 Å². The van der Waals surface area contributed by atoms with Crippen LogP contribution in [0.25, 0.3) is 0 Å². The first kappa shape index (κ1) is 13.7. The summed E-state index contributed by atoms with van der Waals surface area (Å²) in [6.07, 6.45) is 3.26. The van der Waals surface area contributed by atoms with Crippen molar-refractivity contribution in [2.24, 2.45) is 0 Å². The molecule has 0 unspecified atom stereocenters. The van der Waals surface area contributed by atoms with E-state index in [1.807, 2.05) is 6.07 Å². The SMILES string of the molecule is COc1ccc(NC(=O)[C@H]2CCCC[NH2+]2)cc1OC. The van der Waals surface area contributed by atoms with E-state index in [4.69, 9.17) is 9.47 Å². The summed E-state index contributed by atoms with van der Waals surface area (Å²) in [5.74, 6) is 1.34. The summed E-state index contributed by atoms with van der Waals surface area (Å²) in [5, 5.41) is 5.04. The predicted molar refractivity (Wildman–Crippen MR) is 72.6 cm³/mol. The zero-order chi connectivity index (χ0) is 13.7. The molecule has 104 valence electrons. The number of anilines is 1. The van der Waals surface area contributed by atoms with Gasteiger partial charge < -0.3 is 20.1 Å². The average molecular weight is 265 g/mol. The zero-order valence-electron chi connectivity index (χ0n) is 11.4. The minimum Gasteiger partial charge on any atom is -0.493 e. The Labute approximate surface area is 113 Å². The van der Waals surface area contributed by atoms with Crippen molar-refractivity contribution in [3.63, 3.8) is 0 Å². The van der Waals surface area contributed by atoms with E-state index in [2.05, 4.69) is 10.6 Å². The zero-order valence-corrected chi connectivity index (χ0v) is 11.4. The van der Waals surface area contributed by atoms with Crippen LogP contribution in [0.15, 0.2) is 18.2 Å². The molecule has 1 aromatic rings. The van der Waals surface area contributed by atoms with Crippen molar-refractivity contribution in [3.8, 4) is 11.5 Å². The van der Waals surface area contributed by atoms with Crippen LogP contribution in [0.3, 0.4) is 0 Å². The maximum atomic E-state index is 12.1. The second-order valence-electron chi connectivity index (χ2n) is 4.69. The Hall–Kier alpha value is -1.75. The second-order valence-corrected chi connectivity index (χ2v) is 4.69. The molecule has 3 N–H and O–H groups in total. The highest BCUT2D eigenvalue weighted by Crippen LogP contribution is 2.29. The van der Waals surface area contributed by atoms with Gasteiger partial charge >= 0.3 is 0 Å². The van der Waals surface area contributed by atoms with Crippen molar-refractivity contribution in [1.82, 2.24) is 0 Å². The second kappa shape index (κ2) is 6.43. The van der Waals surface area contributed by atoms with Gasteiger partial charge in [0.1, 0.15) is 0 Å². The van der Waals surface area contributed by atoms with Crippen molar-refractivity contribution < 1.29 is 19.6 Å². The molecule has 0 aliphatic carbocycles. The molecule has 2 rings (SSSR count). The molecule has 0 bridgehead atoms. The van der Waals surface area contributed by atoms with Crippen LogP contribution in [-0.2, 0) is 4.79 Å². The number of nitrogens with one attached hydrogen (secondary N) is 1. The lowest BCUT2D eigenvalue weighted by Gasteiger charge is -2.19. The number of rotatable bonds is 4. The molecule has 1 heterocycles. The number of piperidine rings is 1. The van der Waals surface area contributed by atoms with Gasteiger partial charge in [0.25, 0.3) is 5.91 Å². The average Bonchev–Trinajstić information content (AvgIpc) is 2.48. The lowest BCUT2D eigenvalue weighted by molar-refractivity contribution is -0.684. The number of methoxy groups -OCH3 is 2. The van der Waals surface area contributed by atoms with Crippen LogP contribution in [-0.4, -0.2) is 32.7 Å². The molecule has 5 heteroatoms. The number of nitrogens with two attached hydrogens (primary N) is 1. The third-order valence-corrected chi connectivity index (χ3v) is 3.41. The molecule has 1 amide bonds. The summed E-state index contributed by atoms with van der Waals surface area (Å²) in [7, 11) is 3.17. The first-order valence-corrected chi connectivity index (χ1v) is 6.61. The Kier molecular flexibility index (Phi) is 4.63. The molecular formula is C14H21N2O3+. The minimum atomic E-state index is 0.0295. The third kappa shape index (κ3) is 3.38. The number of amides is 1. The van der Waals surface area contributed by atoms with Gasteiger partial charge in [-0.1, -0.05) is 0 Å². The maximum absolute atomic E-state index is 12.1. The van der Waals surface area contributed by atoms with E-state index in [1.54, 1.807) is 26.4 Å². The van der Waals surface area contributed by atoms with E-state index < -0.39 is 0 Å². The molecule has 0 spiro atoms. The van der Waals surface area contributed by atoms with E-state index in [0.29, 0.717) is 11.5 Å². The quantitative estimate of drug-likeness (QED) is 0.844. The van der Waals surface area contributed by atoms with Gasteiger partial charge in [-0.2, -0.15) is 0 Å². The van der Waals surface area contributed by atoms with Crippen LogP contribution in [0.4, 0.5) is 5.69 Å². The molecule has 1 fully saturated rings. The molecule has 1 aromatic carbocycles. The summed E-state index contributed by atoms with van der Waals surface area (Å²) in [6.45, 7) is 1.03. The Morgan fingerprint density at radius 1 is 1.26 bits per heavy atom. The molecule has 0 radical (unpaired) electrons. The molecule has 1 atom stereocenters. The number of quaternary nitrogens is 1. The van der Waals surface area contributed by atoms with E-state index in [0.717, 1.165) is 25.1 Å². The first-order chi connectivity index (χ1) is 9.24. The van der Waals surface area contributed by atoms with Gasteiger partial charge in [-0.3, -0.25) is 4.79 Å². The van der Waals surface area contributed by atoms with Gasteiger partial charge in [-0.25, -0.2) is 0 Å². The van der Waals surface area contributed by atoms with Crippen LogP contribution < -0.4 is 20.1 Å². The molecule has 5 nitrogen and oxygen atoms in total. The standard InChI is InChI=1S/C14H20N2O3/c1-18-12-7-6-10(9-13(12)19-2)16-14(17)11-5-3-4-8-15-11/h6-7,9,11,15H,3-5,8H2,1-2H3,(H,16,17)/p+1/t11-/m1/s1. The Bertz CT molecular complexity index is 442. The fourth-order valence-corrected chi connectivity index (χ4v) is 2.33. The monoisotopic (exact) mass is 265 g/mol. The van der Waals surface area contributed by atoms with Gasteiger partial charge in [0.2, 0.25) is 0 Å². The fourth-order valence-electron chi connectivity index (χ4n) is 2.33. The Balaban J connectivity index is 2.03. The van der Waals surface area contributed by atoms with Gasteiger partial charge in [0.05, 0.1) is 20.8 Å². The van der Waals surface area contributed by atoms with Crippen LogP contribution in [0.5, 0.6) is 11.5 Å². The number of carbonyl (C=O) groups excluding carboxylic acids is 1. The normalized spacial score (nSPS) is 18.7. The molecule has 1 aliphatic heterocycles. The Morgan fingerprint density at radius 2 is 2.05 bits per heavy atom. The van der Waals surface area contributed by atoms with Crippen molar-refractivity contribution in [1.29, 1.82) is 0 Å². The molecule has 1 saturated heterocycles. The van der Waals surface area contributed by atoms with Crippen LogP contribution >= 0.6 is 0 Å². The van der Waals surface area contributed by atoms with E-state index in [-0.39, 0.29) is 11.9 Å². The van der Waals surface area contributed by atoms with Crippen molar-refractivity contribution in [3.05, 3.63) is 18.2 Å². The molecule has 1 aliphatic rings. The first-order valence-electron chi connectivity index (χ1n) is 6.61. The van der Waals surface area contributed by atoms with Crippen molar-refractivity contribution >= 4 is 11.6 Å². The highest BCUT2D eigenvalue weighted by Gasteiger charge is 2.24. The molecular weight excluding hydrogens is 244 g/mol. The van der Waals surface area contributed by atoms with Gasteiger partial charge in [-0.15, -0.1) is 0 Å². The van der Waals surface area contributed by atoms with Crippen LogP contribution in [0.2, 0.25) is 0 Å². The largest absolute Gasteiger partial charge is 0.493 e. The minimum absolute atomic E-state index is 0.0295. The van der Waals surface area contributed by atoms with E-state index in [1.165, 1.54) is 6.42 Å². The number of ether oxygens (including phenoxy) is 2. The number of hydrogen-bond acceptors (Lipinski definition) is 3. The van der Waals surface area contributed by atoms with Crippen molar-refractivity contribution in [2.75, 3.05) is 26.1 Å². The summed E-state index contributed by atoms with van der Waals surface area (Å²) >= 11 is 0. The predicted octanol–water partition coefficient (Wildman–Crippen LogP) is 0.758. The smallest absolute Gasteiger partial charge is 0.282 e. The van der Waals surface area contributed by atoms with Crippen molar-refractivity contribution in [2.45, 2.75) is 25.3 Å². The summed E-state index contributed by atoms with van der Waals surface area (Å²) in [4.78, 5) is 12.1. The van der Waals surface area contributed by atoms with Gasteiger partial charge in [0.15, 0.2) is 17.5 Å². The Morgan fingerprint density at radius 3 is 2.68 bits per heavy atom. The highest BCUT2D eigenvalue weighted by molar-refractivity contribution is 5.94. The number of benzene rings is 1. The van der Waals surface area contributed by atoms with E-state index in [9.17, 15) is 4.79 Å². The fraction of sp³-hybridized carbons (Fsp3) is 0.500. The summed E-state index contributed by atoms with van der Waals surface area (Å²) < 4.78 is 10.4. The molecule has 0 aromatic heterocycles. The topological polar surface area (TPSA) is 64.2 Å². The van der Waals surface area contributed by atoms with E-state index >= 15 is 0 Å². The highest BCUT2D eigenvalue weighted by atomic mass is 16.5. The maximum Gasteiger partial charge on any atom is 0.282 e. The van der Waals surface area contributed by atoms with Gasteiger partial charge in [0, 0.05) is 18.2 Å². The van der Waals surface area contributed by atoms with Crippen LogP contribution in [0.1, 0.15) is 19.3 Å². The summed E-state index contributed by atoms with van der Waals surface area (Å²) in [5.41, 5.74) is 0.738. The lowest BCUT2D eigenvalue weighted by atomic mass is 10.0. The summed E-state index contributed by atoms with van der Waals surface area (Å²) in [6, 6.07) is 5.42. The molecule has 0 saturated carbocycles. The lowest BCUT2D eigenvalue weighted by Crippen LogP contribution is -2.93. The molecule has 19 heavy (non-hydrogen) atoms. The third-order valence-electron chi connectivity index (χ3n) is 3.41. The number of carbonyl (C=O) groups is 1. The van der Waals surface area contributed by atoms with Gasteiger partial charge in [-0.05, 0) is 25.0 Å².